The molecule has 0 N–H and O–H groups in total. The van der Waals surface area contributed by atoms with Gasteiger partial charge in [0.25, 0.3) is 5.65 Å². The Labute approximate surface area is 198 Å². The second-order valence-electron chi connectivity index (χ2n) is 9.91. The second kappa shape index (κ2) is 7.26. The standard InChI is InChI=1S/C29H27N4O/c1-18-15-16-22-21-13-9-10-14-23(21)34-26(22)25(18)33-19(2)32(20-11-7-6-8-12-20)28-27(33)30-17-24(31-28)29(3,4)5/h6-17H,1-5H3/q+1. The first-order valence-electron chi connectivity index (χ1n) is 11.6. The highest BCUT2D eigenvalue weighted by Crippen LogP contribution is 2.34. The minimum atomic E-state index is -0.111. The van der Waals surface area contributed by atoms with Crippen molar-refractivity contribution in [1.29, 1.82) is 0 Å². The van der Waals surface area contributed by atoms with E-state index in [1.165, 1.54) is 0 Å². The lowest BCUT2D eigenvalue weighted by Crippen LogP contribution is -2.35. The molecular weight excluding hydrogens is 420 g/mol. The number of para-hydroxylation sites is 2. The van der Waals surface area contributed by atoms with E-state index in [1.54, 1.807) is 0 Å². The Morgan fingerprint density at radius 3 is 2.35 bits per heavy atom. The fourth-order valence-corrected chi connectivity index (χ4v) is 4.75. The lowest BCUT2D eigenvalue weighted by atomic mass is 9.93. The second-order valence-corrected chi connectivity index (χ2v) is 9.91. The lowest BCUT2D eigenvalue weighted by Gasteiger charge is -2.15. The molecule has 0 spiro atoms. The Bertz CT molecular complexity index is 1700. The minimum Gasteiger partial charge on any atom is -0.452 e. The van der Waals surface area contributed by atoms with Crippen molar-refractivity contribution >= 4 is 33.2 Å². The average Bonchev–Trinajstić information content (AvgIpc) is 3.33. The maximum Gasteiger partial charge on any atom is 0.327 e. The van der Waals surface area contributed by atoms with Crippen LogP contribution in [0.1, 0.15) is 37.9 Å². The van der Waals surface area contributed by atoms with Gasteiger partial charge in [-0.3, -0.25) is 0 Å². The number of furan rings is 1. The highest BCUT2D eigenvalue weighted by molar-refractivity contribution is 6.07. The van der Waals surface area contributed by atoms with E-state index in [4.69, 9.17) is 14.4 Å². The van der Waals surface area contributed by atoms with Gasteiger partial charge >= 0.3 is 5.65 Å². The number of benzene rings is 3. The summed E-state index contributed by atoms with van der Waals surface area (Å²) in [5, 5.41) is 2.22. The molecule has 0 saturated heterocycles. The molecule has 0 aliphatic rings. The van der Waals surface area contributed by atoms with Gasteiger partial charge in [0.1, 0.15) is 17.5 Å². The monoisotopic (exact) mass is 447 g/mol. The molecule has 0 aliphatic carbocycles. The molecule has 6 rings (SSSR count). The molecule has 3 aromatic heterocycles. The van der Waals surface area contributed by atoms with Crippen LogP contribution in [-0.2, 0) is 5.41 Å². The van der Waals surface area contributed by atoms with Crippen LogP contribution in [0.4, 0.5) is 0 Å². The van der Waals surface area contributed by atoms with Crippen LogP contribution in [0.2, 0.25) is 0 Å². The largest absolute Gasteiger partial charge is 0.452 e. The number of aromatic nitrogens is 4. The van der Waals surface area contributed by atoms with E-state index in [-0.39, 0.29) is 5.41 Å². The molecule has 3 aromatic carbocycles. The van der Waals surface area contributed by atoms with Gasteiger partial charge in [-0.05, 0) is 36.8 Å². The summed E-state index contributed by atoms with van der Waals surface area (Å²) in [7, 11) is 0. The molecule has 0 radical (unpaired) electrons. The van der Waals surface area contributed by atoms with Crippen molar-refractivity contribution in [2.45, 2.75) is 40.0 Å². The van der Waals surface area contributed by atoms with Gasteiger partial charge in [-0.15, -0.1) is 4.98 Å². The molecule has 168 valence electrons. The number of nitrogens with zero attached hydrogens (tertiary/aromatic N) is 4. The third kappa shape index (κ3) is 2.97. The molecule has 0 unspecified atom stereocenters. The van der Waals surface area contributed by atoms with E-state index >= 15 is 0 Å². The molecule has 0 amide bonds. The van der Waals surface area contributed by atoms with Crippen LogP contribution in [0.25, 0.3) is 44.6 Å². The van der Waals surface area contributed by atoms with Crippen molar-refractivity contribution in [1.82, 2.24) is 14.5 Å². The van der Waals surface area contributed by atoms with Crippen LogP contribution in [0.3, 0.4) is 0 Å². The smallest absolute Gasteiger partial charge is 0.327 e. The molecule has 0 aliphatic heterocycles. The number of hydrogen-bond acceptors (Lipinski definition) is 3. The first kappa shape index (κ1) is 20.6. The van der Waals surface area contributed by atoms with E-state index in [9.17, 15) is 0 Å². The van der Waals surface area contributed by atoms with Crippen molar-refractivity contribution in [3.05, 3.63) is 90.0 Å². The zero-order valence-electron chi connectivity index (χ0n) is 20.1. The Morgan fingerprint density at radius 2 is 1.59 bits per heavy atom. The summed E-state index contributed by atoms with van der Waals surface area (Å²) in [6.07, 6.45) is 1.90. The minimum absolute atomic E-state index is 0.111. The van der Waals surface area contributed by atoms with Crippen LogP contribution in [-0.4, -0.2) is 14.5 Å². The lowest BCUT2D eigenvalue weighted by molar-refractivity contribution is -0.576. The van der Waals surface area contributed by atoms with Gasteiger partial charge in [0, 0.05) is 23.1 Å². The van der Waals surface area contributed by atoms with Crippen LogP contribution < -0.4 is 4.57 Å². The summed E-state index contributed by atoms with van der Waals surface area (Å²) in [5.41, 5.74) is 7.42. The van der Waals surface area contributed by atoms with Gasteiger partial charge in [0.15, 0.2) is 11.3 Å². The SMILES string of the molecule is Cc1ccc2c(oc3ccccc32)c1-[n+]1c(C)n(-c2ccccc2)c2nc(C(C)(C)C)cnc21. The summed E-state index contributed by atoms with van der Waals surface area (Å²) < 4.78 is 10.8. The van der Waals surface area contributed by atoms with Gasteiger partial charge in [-0.2, -0.15) is 4.57 Å². The summed E-state index contributed by atoms with van der Waals surface area (Å²) in [4.78, 5) is 10.1. The van der Waals surface area contributed by atoms with Crippen LogP contribution in [0.5, 0.6) is 0 Å². The van der Waals surface area contributed by atoms with Gasteiger partial charge in [-0.1, -0.05) is 63.2 Å². The average molecular weight is 448 g/mol. The molecule has 34 heavy (non-hydrogen) atoms. The number of aryl methyl sites for hydroxylation is 1. The molecule has 0 fully saturated rings. The quantitative estimate of drug-likeness (QED) is 0.284. The van der Waals surface area contributed by atoms with Crippen molar-refractivity contribution in [2.24, 2.45) is 0 Å². The van der Waals surface area contributed by atoms with Crippen molar-refractivity contribution in [3.63, 3.8) is 0 Å². The number of rotatable bonds is 2. The molecule has 3 heterocycles. The van der Waals surface area contributed by atoms with Crippen LogP contribution in [0.15, 0.2) is 77.3 Å². The van der Waals surface area contributed by atoms with E-state index in [2.05, 4.69) is 92.3 Å². The van der Waals surface area contributed by atoms with Gasteiger partial charge < -0.3 is 4.42 Å². The topological polar surface area (TPSA) is 47.7 Å². The highest BCUT2D eigenvalue weighted by Gasteiger charge is 2.31. The van der Waals surface area contributed by atoms with Crippen molar-refractivity contribution in [2.75, 3.05) is 0 Å². The number of imidazole rings is 1. The summed E-state index contributed by atoms with van der Waals surface area (Å²) in [5.74, 6) is 1.02. The predicted molar refractivity (Wildman–Crippen MR) is 136 cm³/mol. The molecule has 0 atom stereocenters. The number of hydrogen-bond donors (Lipinski definition) is 0. The van der Waals surface area contributed by atoms with E-state index in [0.29, 0.717) is 0 Å². The third-order valence-corrected chi connectivity index (χ3v) is 6.54. The fraction of sp³-hybridized carbons (Fsp3) is 0.207. The Hall–Kier alpha value is -3.99. The van der Waals surface area contributed by atoms with Gasteiger partial charge in [0.2, 0.25) is 5.82 Å². The molecule has 5 nitrogen and oxygen atoms in total. The maximum atomic E-state index is 6.44. The van der Waals surface area contributed by atoms with Crippen LogP contribution >= 0.6 is 0 Å². The Morgan fingerprint density at radius 1 is 0.853 bits per heavy atom. The molecule has 6 aromatic rings. The molecular formula is C29H27N4O+. The van der Waals surface area contributed by atoms with Crippen molar-refractivity contribution < 1.29 is 8.98 Å². The first-order chi connectivity index (χ1) is 16.3. The molecule has 0 bridgehead atoms. The van der Waals surface area contributed by atoms with Gasteiger partial charge in [0.05, 0.1) is 5.69 Å². The van der Waals surface area contributed by atoms with Crippen molar-refractivity contribution in [3.8, 4) is 11.4 Å². The first-order valence-corrected chi connectivity index (χ1v) is 11.6. The Balaban J connectivity index is 1.77. The summed E-state index contributed by atoms with van der Waals surface area (Å²) >= 11 is 0. The summed E-state index contributed by atoms with van der Waals surface area (Å²) in [6.45, 7) is 10.7. The normalized spacial score (nSPS) is 12.3. The molecule has 5 heteroatoms. The third-order valence-electron chi connectivity index (χ3n) is 6.54. The van der Waals surface area contributed by atoms with E-state index < -0.39 is 0 Å². The highest BCUT2D eigenvalue weighted by atomic mass is 16.3. The maximum absolute atomic E-state index is 6.44. The predicted octanol–water partition coefficient (Wildman–Crippen LogP) is 6.51. The molecule has 0 saturated carbocycles. The summed E-state index contributed by atoms with van der Waals surface area (Å²) in [6, 6.07) is 22.9. The fourth-order valence-electron chi connectivity index (χ4n) is 4.75. The van der Waals surface area contributed by atoms with E-state index in [1.807, 2.05) is 24.4 Å². The zero-order chi connectivity index (χ0) is 23.6. The van der Waals surface area contributed by atoms with Gasteiger partial charge in [-0.25, -0.2) is 9.55 Å². The van der Waals surface area contributed by atoms with E-state index in [0.717, 1.165) is 61.7 Å². The Kier molecular flexibility index (Phi) is 4.40. The zero-order valence-corrected chi connectivity index (χ0v) is 20.1. The van der Waals surface area contributed by atoms with Crippen LogP contribution in [0, 0.1) is 13.8 Å². The number of fused-ring (bicyclic) bond motifs is 4.